The van der Waals surface area contributed by atoms with Gasteiger partial charge in [-0.05, 0) is 12.1 Å². The van der Waals surface area contributed by atoms with Crippen molar-refractivity contribution in [2.75, 3.05) is 4.72 Å². The van der Waals surface area contributed by atoms with Crippen LogP contribution in [0.25, 0.3) is 11.0 Å². The monoisotopic (exact) mass is 165 g/mol. The Hall–Kier alpha value is -1.16. The number of fused-ring (bicyclic) bond motifs is 1. The molecule has 0 amide bonds. The van der Waals surface area contributed by atoms with Gasteiger partial charge in [-0.15, -0.1) is 0 Å². The predicted octanol–water partition coefficient (Wildman–Crippen LogP) is 1.82. The minimum atomic E-state index is 0.675. The number of para-hydroxylation sites is 2. The summed E-state index contributed by atoms with van der Waals surface area (Å²) in [6.45, 7) is 0. The number of anilines is 1. The van der Waals surface area contributed by atoms with Gasteiger partial charge in [-0.25, -0.2) is 4.98 Å². The van der Waals surface area contributed by atoms with E-state index in [1.54, 1.807) is 0 Å². The van der Waals surface area contributed by atoms with Crippen LogP contribution in [0.5, 0.6) is 0 Å². The Balaban J connectivity index is 2.69. The Labute approximate surface area is 69.4 Å². The minimum Gasteiger partial charge on any atom is -0.323 e. The molecule has 0 radical (unpaired) electrons. The summed E-state index contributed by atoms with van der Waals surface area (Å²) in [4.78, 5) is 7.23. The van der Waals surface area contributed by atoms with Gasteiger partial charge < -0.3 is 9.71 Å². The number of hydrogen-bond donors (Lipinski definition) is 3. The Bertz CT molecular complexity index is 335. The van der Waals surface area contributed by atoms with Gasteiger partial charge in [-0.1, -0.05) is 24.9 Å². The highest BCUT2D eigenvalue weighted by Crippen LogP contribution is 2.12. The van der Waals surface area contributed by atoms with Gasteiger partial charge in [0.2, 0.25) is 5.95 Å². The van der Waals surface area contributed by atoms with Crippen molar-refractivity contribution < 1.29 is 0 Å². The summed E-state index contributed by atoms with van der Waals surface area (Å²) in [5.41, 5.74) is 1.97. The minimum absolute atomic E-state index is 0.675. The Morgan fingerprint density at radius 3 is 2.91 bits per heavy atom. The first kappa shape index (κ1) is 6.54. The molecule has 4 heteroatoms. The molecule has 0 fully saturated rings. The van der Waals surface area contributed by atoms with Crippen molar-refractivity contribution in [1.82, 2.24) is 9.97 Å². The lowest BCUT2D eigenvalue weighted by molar-refractivity contribution is 1.36. The summed E-state index contributed by atoms with van der Waals surface area (Å²) in [6.07, 6.45) is 0. The van der Waals surface area contributed by atoms with Crippen LogP contribution < -0.4 is 4.72 Å². The molecule has 0 aliphatic heterocycles. The van der Waals surface area contributed by atoms with Gasteiger partial charge in [0.1, 0.15) is 0 Å². The summed E-state index contributed by atoms with van der Waals surface area (Å²) in [5.74, 6) is 0.675. The van der Waals surface area contributed by atoms with Gasteiger partial charge in [-0.2, -0.15) is 0 Å². The number of nitrogens with zero attached hydrogens (tertiary/aromatic N) is 1. The molecule has 11 heavy (non-hydrogen) atoms. The molecule has 2 aromatic rings. The van der Waals surface area contributed by atoms with E-state index in [4.69, 9.17) is 0 Å². The van der Waals surface area contributed by atoms with E-state index in [0.29, 0.717) is 5.95 Å². The lowest BCUT2D eigenvalue weighted by Crippen LogP contribution is -1.79. The molecule has 0 bridgehead atoms. The van der Waals surface area contributed by atoms with E-state index in [1.165, 1.54) is 0 Å². The maximum absolute atomic E-state index is 4.19. The number of nitrogens with one attached hydrogen (secondary N) is 2. The lowest BCUT2D eigenvalue weighted by Gasteiger charge is -1.85. The van der Waals surface area contributed by atoms with Crippen molar-refractivity contribution in [3.05, 3.63) is 24.3 Å². The first-order valence-corrected chi connectivity index (χ1v) is 3.70. The van der Waals surface area contributed by atoms with Crippen LogP contribution in [-0.2, 0) is 0 Å². The van der Waals surface area contributed by atoms with Crippen molar-refractivity contribution >= 4 is 29.8 Å². The van der Waals surface area contributed by atoms with Gasteiger partial charge >= 0.3 is 0 Å². The first-order valence-electron chi connectivity index (χ1n) is 3.25. The van der Waals surface area contributed by atoms with Crippen LogP contribution in [0.1, 0.15) is 0 Å². The number of hydrogen-bond acceptors (Lipinski definition) is 3. The summed E-state index contributed by atoms with van der Waals surface area (Å²) in [6, 6.07) is 7.83. The largest absolute Gasteiger partial charge is 0.323 e. The third-order valence-electron chi connectivity index (χ3n) is 1.50. The number of imidazole rings is 1. The standard InChI is InChI=1S/C7H7N3S/c11-10-7-8-5-3-1-2-4-6(5)9-7/h1-4,11H,(H2,8,9,10). The maximum atomic E-state index is 4.19. The van der Waals surface area contributed by atoms with E-state index in [9.17, 15) is 0 Å². The van der Waals surface area contributed by atoms with E-state index in [2.05, 4.69) is 27.5 Å². The fraction of sp³-hybridized carbons (Fsp3) is 0. The number of benzene rings is 1. The van der Waals surface area contributed by atoms with E-state index in [1.807, 2.05) is 24.3 Å². The van der Waals surface area contributed by atoms with Crippen LogP contribution in [0.3, 0.4) is 0 Å². The number of rotatable bonds is 1. The molecule has 1 aromatic carbocycles. The normalized spacial score (nSPS) is 10.3. The topological polar surface area (TPSA) is 40.7 Å². The van der Waals surface area contributed by atoms with Crippen molar-refractivity contribution in [2.24, 2.45) is 0 Å². The van der Waals surface area contributed by atoms with Crippen molar-refractivity contribution in [3.8, 4) is 0 Å². The molecule has 0 atom stereocenters. The zero-order chi connectivity index (χ0) is 7.68. The second-order valence-electron chi connectivity index (χ2n) is 2.21. The molecule has 0 spiro atoms. The Morgan fingerprint density at radius 1 is 1.36 bits per heavy atom. The molecule has 0 saturated heterocycles. The van der Waals surface area contributed by atoms with Crippen LogP contribution in [0, 0.1) is 0 Å². The van der Waals surface area contributed by atoms with Crippen LogP contribution in [-0.4, -0.2) is 9.97 Å². The molecule has 0 saturated carbocycles. The second-order valence-corrected chi connectivity index (χ2v) is 2.44. The molecule has 1 aromatic heterocycles. The zero-order valence-electron chi connectivity index (χ0n) is 5.70. The summed E-state index contributed by atoms with van der Waals surface area (Å²) in [5, 5.41) is 0. The van der Waals surface area contributed by atoms with Crippen molar-refractivity contribution in [1.29, 1.82) is 0 Å². The molecule has 56 valence electrons. The SMILES string of the molecule is SNc1nc2ccccc2[nH]1. The number of H-pyrrole nitrogens is 1. The second kappa shape index (κ2) is 2.47. The molecule has 2 rings (SSSR count). The van der Waals surface area contributed by atoms with E-state index >= 15 is 0 Å². The molecule has 2 N–H and O–H groups in total. The smallest absolute Gasteiger partial charge is 0.211 e. The first-order chi connectivity index (χ1) is 5.40. The third-order valence-corrected chi connectivity index (χ3v) is 1.71. The molecule has 0 unspecified atom stereocenters. The average Bonchev–Trinajstić information content (AvgIpc) is 2.46. The van der Waals surface area contributed by atoms with Crippen LogP contribution >= 0.6 is 12.8 Å². The van der Waals surface area contributed by atoms with Crippen molar-refractivity contribution in [2.45, 2.75) is 0 Å². The fourth-order valence-corrected chi connectivity index (χ4v) is 1.11. The van der Waals surface area contributed by atoms with E-state index in [-0.39, 0.29) is 0 Å². The molecule has 1 heterocycles. The fourth-order valence-electron chi connectivity index (χ4n) is 1.01. The van der Waals surface area contributed by atoms with Gasteiger partial charge in [-0.3, -0.25) is 0 Å². The van der Waals surface area contributed by atoms with Crippen LogP contribution in [0.15, 0.2) is 24.3 Å². The van der Waals surface area contributed by atoms with Gasteiger partial charge in [0.15, 0.2) is 0 Å². The molecular weight excluding hydrogens is 158 g/mol. The Morgan fingerprint density at radius 2 is 2.18 bits per heavy atom. The quantitative estimate of drug-likeness (QED) is 0.564. The highest BCUT2D eigenvalue weighted by molar-refractivity contribution is 7.81. The highest BCUT2D eigenvalue weighted by atomic mass is 32.1. The zero-order valence-corrected chi connectivity index (χ0v) is 6.60. The van der Waals surface area contributed by atoms with Crippen LogP contribution in [0.4, 0.5) is 5.95 Å². The number of aromatic nitrogens is 2. The van der Waals surface area contributed by atoms with Gasteiger partial charge in [0.05, 0.1) is 11.0 Å². The number of thiol groups is 1. The average molecular weight is 165 g/mol. The molecular formula is C7H7N3S. The van der Waals surface area contributed by atoms with E-state index < -0.39 is 0 Å². The molecule has 3 nitrogen and oxygen atoms in total. The van der Waals surface area contributed by atoms with Gasteiger partial charge in [0.25, 0.3) is 0 Å². The molecule has 0 aliphatic rings. The van der Waals surface area contributed by atoms with Crippen molar-refractivity contribution in [3.63, 3.8) is 0 Å². The van der Waals surface area contributed by atoms with Crippen LogP contribution in [0.2, 0.25) is 0 Å². The summed E-state index contributed by atoms with van der Waals surface area (Å²) < 4.78 is 2.64. The summed E-state index contributed by atoms with van der Waals surface area (Å²) in [7, 11) is 0. The third kappa shape index (κ3) is 1.05. The maximum Gasteiger partial charge on any atom is 0.211 e. The molecule has 0 aliphatic carbocycles. The highest BCUT2D eigenvalue weighted by Gasteiger charge is 1.97. The number of aromatic amines is 1. The Kier molecular flexibility index (Phi) is 1.47. The lowest BCUT2D eigenvalue weighted by atomic mass is 10.3. The predicted molar refractivity (Wildman–Crippen MR) is 48.7 cm³/mol. The summed E-state index contributed by atoms with van der Waals surface area (Å²) >= 11 is 3.88. The van der Waals surface area contributed by atoms with Gasteiger partial charge in [0, 0.05) is 0 Å². The van der Waals surface area contributed by atoms with E-state index in [0.717, 1.165) is 11.0 Å².